The minimum absolute atomic E-state index is 0.0687. The highest BCUT2D eigenvalue weighted by Gasteiger charge is 2.40. The minimum Gasteiger partial charge on any atom is -0.333 e. The summed E-state index contributed by atoms with van der Waals surface area (Å²) in [6.07, 6.45) is -2.52. The summed E-state index contributed by atoms with van der Waals surface area (Å²) >= 11 is 1.05. The molecule has 2 heterocycles. The maximum absolute atomic E-state index is 12.3. The molecule has 5 nitrogen and oxygen atoms in total. The van der Waals surface area contributed by atoms with Gasteiger partial charge < -0.3 is 9.47 Å². The highest BCUT2D eigenvalue weighted by molar-refractivity contribution is 8.00. The molecule has 1 amide bonds. The lowest BCUT2D eigenvalue weighted by Crippen LogP contribution is -2.36. The van der Waals surface area contributed by atoms with Crippen molar-refractivity contribution < 1.29 is 18.0 Å². The van der Waals surface area contributed by atoms with E-state index in [0.717, 1.165) is 16.7 Å². The number of rotatable bonds is 4. The normalized spacial score (nSPS) is 19.3. The first-order chi connectivity index (χ1) is 9.80. The Labute approximate surface area is 123 Å². The number of nitrogens with zero attached hydrogens (tertiary/aromatic N) is 3. The van der Waals surface area contributed by atoms with Gasteiger partial charge in [0.15, 0.2) is 5.16 Å². The van der Waals surface area contributed by atoms with E-state index >= 15 is 0 Å². The number of carbonyl (C=O) groups excluding carboxylic acids is 1. The largest absolute Gasteiger partial charge is 0.406 e. The van der Waals surface area contributed by atoms with Crippen LogP contribution in [0, 0.1) is 0 Å². The average molecular weight is 321 g/mol. The summed E-state index contributed by atoms with van der Waals surface area (Å²) < 4.78 is 38.7. The maximum atomic E-state index is 12.3. The minimum atomic E-state index is -4.40. The molecule has 1 atom stereocenters. The van der Waals surface area contributed by atoms with Gasteiger partial charge in [0.1, 0.15) is 6.54 Å². The second-order valence-corrected chi connectivity index (χ2v) is 5.77. The molecule has 21 heavy (non-hydrogen) atoms. The van der Waals surface area contributed by atoms with Crippen LogP contribution in [0.5, 0.6) is 0 Å². The fourth-order valence-electron chi connectivity index (χ4n) is 2.07. The molecule has 0 saturated carbocycles. The fourth-order valence-corrected chi connectivity index (χ4v) is 3.26. The van der Waals surface area contributed by atoms with Crippen LogP contribution in [0.15, 0.2) is 22.2 Å². The number of thioether (sulfide) groups is 1. The number of aryl methyl sites for hydroxylation is 1. The smallest absolute Gasteiger partial charge is 0.333 e. The van der Waals surface area contributed by atoms with Gasteiger partial charge in [-0.15, -0.1) is 0 Å². The summed E-state index contributed by atoms with van der Waals surface area (Å²) in [7, 11) is 0. The van der Waals surface area contributed by atoms with E-state index < -0.39 is 29.4 Å². The van der Waals surface area contributed by atoms with E-state index in [2.05, 4.69) is 4.98 Å². The quantitative estimate of drug-likeness (QED) is 0.789. The van der Waals surface area contributed by atoms with Crippen LogP contribution in [-0.2, 0) is 11.3 Å². The Morgan fingerprint density at radius 2 is 2.14 bits per heavy atom. The van der Waals surface area contributed by atoms with E-state index in [1.165, 1.54) is 6.07 Å². The third-order valence-corrected chi connectivity index (χ3v) is 4.31. The Morgan fingerprint density at radius 3 is 2.76 bits per heavy atom. The zero-order chi connectivity index (χ0) is 15.6. The molecule has 1 saturated heterocycles. The number of carbonyl (C=O) groups is 1. The lowest BCUT2D eigenvalue weighted by atomic mass is 10.4. The number of aromatic nitrogens is 2. The highest BCUT2D eigenvalue weighted by Crippen LogP contribution is 2.30. The Hall–Kier alpha value is -1.51. The van der Waals surface area contributed by atoms with Crippen molar-refractivity contribution in [1.82, 2.24) is 14.5 Å². The molecule has 1 aromatic heterocycles. The molecule has 1 aromatic rings. The van der Waals surface area contributed by atoms with Gasteiger partial charge in [-0.25, -0.2) is 0 Å². The lowest BCUT2D eigenvalue weighted by molar-refractivity contribution is -0.157. The van der Waals surface area contributed by atoms with E-state index in [4.69, 9.17) is 0 Å². The predicted molar refractivity (Wildman–Crippen MR) is 71.1 cm³/mol. The van der Waals surface area contributed by atoms with Gasteiger partial charge in [-0.3, -0.25) is 9.59 Å². The van der Waals surface area contributed by atoms with E-state index in [-0.39, 0.29) is 6.54 Å². The number of amides is 1. The standard InChI is InChI=1S/C12H14F3N3O2S/c1-2-17-6-4-9(19)16-11(17)21-8-3-5-18(10(8)20)7-12(13,14)15/h4,6,8H,2-3,5,7H2,1H3/t8-/m1/s1. The lowest BCUT2D eigenvalue weighted by Gasteiger charge is -2.18. The summed E-state index contributed by atoms with van der Waals surface area (Å²) in [5.74, 6) is -0.557. The van der Waals surface area contributed by atoms with E-state index in [1.54, 1.807) is 10.8 Å². The van der Waals surface area contributed by atoms with Crippen LogP contribution in [0.4, 0.5) is 13.2 Å². The van der Waals surface area contributed by atoms with Crippen molar-refractivity contribution in [2.24, 2.45) is 0 Å². The van der Waals surface area contributed by atoms with Gasteiger partial charge in [-0.1, -0.05) is 11.8 Å². The molecule has 1 aliphatic rings. The van der Waals surface area contributed by atoms with Gasteiger partial charge in [0.05, 0.1) is 5.25 Å². The second kappa shape index (κ2) is 6.08. The maximum Gasteiger partial charge on any atom is 0.406 e. The van der Waals surface area contributed by atoms with Crippen molar-refractivity contribution in [3.8, 4) is 0 Å². The van der Waals surface area contributed by atoms with Crippen LogP contribution in [-0.4, -0.2) is 44.9 Å². The van der Waals surface area contributed by atoms with Crippen LogP contribution in [0.25, 0.3) is 0 Å². The second-order valence-electron chi connectivity index (χ2n) is 4.60. The molecule has 1 fully saturated rings. The molecule has 0 spiro atoms. The Bertz CT molecular complexity index is 588. The molecular formula is C12H14F3N3O2S. The molecule has 1 aliphatic heterocycles. The van der Waals surface area contributed by atoms with Gasteiger partial charge in [-0.2, -0.15) is 18.2 Å². The van der Waals surface area contributed by atoms with Gasteiger partial charge in [-0.05, 0) is 13.3 Å². The van der Waals surface area contributed by atoms with Crippen LogP contribution >= 0.6 is 11.8 Å². The molecule has 0 unspecified atom stereocenters. The first-order valence-electron chi connectivity index (χ1n) is 6.40. The van der Waals surface area contributed by atoms with Gasteiger partial charge in [0, 0.05) is 25.4 Å². The van der Waals surface area contributed by atoms with Crippen molar-refractivity contribution in [2.45, 2.75) is 36.5 Å². The number of hydrogen-bond donors (Lipinski definition) is 0. The number of alkyl halides is 3. The summed E-state index contributed by atoms with van der Waals surface area (Å²) in [6, 6.07) is 1.31. The van der Waals surface area contributed by atoms with Crippen molar-refractivity contribution in [2.75, 3.05) is 13.1 Å². The Morgan fingerprint density at radius 1 is 1.43 bits per heavy atom. The molecular weight excluding hydrogens is 307 g/mol. The van der Waals surface area contributed by atoms with Crippen molar-refractivity contribution in [1.29, 1.82) is 0 Å². The van der Waals surface area contributed by atoms with Crippen LogP contribution in [0.2, 0.25) is 0 Å². The first-order valence-corrected chi connectivity index (χ1v) is 7.28. The number of hydrogen-bond acceptors (Lipinski definition) is 4. The predicted octanol–water partition coefficient (Wildman–Crippen LogP) is 1.52. The molecule has 116 valence electrons. The summed E-state index contributed by atoms with van der Waals surface area (Å²) in [4.78, 5) is 27.9. The summed E-state index contributed by atoms with van der Waals surface area (Å²) in [5.41, 5.74) is -0.431. The van der Waals surface area contributed by atoms with E-state index in [9.17, 15) is 22.8 Å². The SMILES string of the molecule is CCn1ccc(=O)nc1S[C@@H]1CCN(CC(F)(F)F)C1=O. The molecule has 9 heteroatoms. The number of halogens is 3. The van der Waals surface area contributed by atoms with E-state index in [1.807, 2.05) is 6.92 Å². The molecule has 0 radical (unpaired) electrons. The molecule has 0 N–H and O–H groups in total. The Balaban J connectivity index is 2.10. The van der Waals surface area contributed by atoms with Crippen LogP contribution in [0.3, 0.4) is 0 Å². The van der Waals surface area contributed by atoms with Crippen molar-refractivity contribution >= 4 is 17.7 Å². The summed E-state index contributed by atoms with van der Waals surface area (Å²) in [5, 5.41) is -0.267. The average Bonchev–Trinajstić information content (AvgIpc) is 2.70. The molecule has 2 rings (SSSR count). The topological polar surface area (TPSA) is 55.2 Å². The monoisotopic (exact) mass is 321 g/mol. The molecule has 0 bridgehead atoms. The third kappa shape index (κ3) is 3.99. The molecule has 0 aliphatic carbocycles. The Kier molecular flexibility index (Phi) is 4.60. The summed E-state index contributed by atoms with van der Waals surface area (Å²) in [6.45, 7) is 1.25. The van der Waals surface area contributed by atoms with Crippen molar-refractivity contribution in [3.05, 3.63) is 22.6 Å². The first kappa shape index (κ1) is 15.9. The van der Waals surface area contributed by atoms with Gasteiger partial charge in [0.25, 0.3) is 5.56 Å². The zero-order valence-corrected chi connectivity index (χ0v) is 12.1. The van der Waals surface area contributed by atoms with Gasteiger partial charge in [0.2, 0.25) is 5.91 Å². The fraction of sp³-hybridized carbons (Fsp3) is 0.583. The van der Waals surface area contributed by atoms with Crippen LogP contribution in [0.1, 0.15) is 13.3 Å². The van der Waals surface area contributed by atoms with Gasteiger partial charge >= 0.3 is 6.18 Å². The zero-order valence-electron chi connectivity index (χ0n) is 11.3. The highest BCUT2D eigenvalue weighted by atomic mass is 32.2. The van der Waals surface area contributed by atoms with Crippen molar-refractivity contribution in [3.63, 3.8) is 0 Å². The number of likely N-dealkylation sites (tertiary alicyclic amines) is 1. The molecule has 0 aromatic carbocycles. The van der Waals surface area contributed by atoms with E-state index in [0.29, 0.717) is 18.1 Å². The van der Waals surface area contributed by atoms with Crippen LogP contribution < -0.4 is 5.56 Å². The third-order valence-electron chi connectivity index (χ3n) is 3.06.